The van der Waals surface area contributed by atoms with E-state index in [0.717, 1.165) is 6.42 Å². The molecular weight excluding hydrogens is 236 g/mol. The standard InChI is InChI=1S/C16H34N2O/c1-2-3-4-5-6-7-8-9-10-11-12-13-16(19)18-15-14-17/h2-15,17H2,1H3,(H,18,19). The number of carbonyl (C=O) groups is 1. The number of unbranched alkanes of at least 4 members (excludes halogenated alkanes) is 10. The first-order valence-electron chi connectivity index (χ1n) is 8.28. The molecule has 0 fully saturated rings. The molecule has 0 spiro atoms. The molecule has 0 atom stereocenters. The molecule has 0 aromatic carbocycles. The molecule has 0 saturated heterocycles. The Morgan fingerprint density at radius 3 is 1.79 bits per heavy atom. The van der Waals surface area contributed by atoms with Crippen molar-refractivity contribution in [3.8, 4) is 0 Å². The highest BCUT2D eigenvalue weighted by molar-refractivity contribution is 5.75. The Morgan fingerprint density at radius 2 is 1.32 bits per heavy atom. The van der Waals surface area contributed by atoms with Gasteiger partial charge in [-0.1, -0.05) is 71.1 Å². The van der Waals surface area contributed by atoms with Gasteiger partial charge in [-0.05, 0) is 6.42 Å². The van der Waals surface area contributed by atoms with E-state index in [2.05, 4.69) is 12.2 Å². The van der Waals surface area contributed by atoms with E-state index in [1.54, 1.807) is 0 Å². The number of amides is 1. The van der Waals surface area contributed by atoms with E-state index < -0.39 is 0 Å². The normalized spacial score (nSPS) is 10.6. The molecule has 19 heavy (non-hydrogen) atoms. The number of nitrogens with two attached hydrogens (primary N) is 1. The number of nitrogens with one attached hydrogen (secondary N) is 1. The summed E-state index contributed by atoms with van der Waals surface area (Å²) < 4.78 is 0. The zero-order valence-corrected chi connectivity index (χ0v) is 12.9. The molecule has 3 N–H and O–H groups in total. The van der Waals surface area contributed by atoms with Gasteiger partial charge in [0.05, 0.1) is 0 Å². The SMILES string of the molecule is CCCCCCCCCCCCCC(=O)NCCN. The average Bonchev–Trinajstić information content (AvgIpc) is 2.42. The van der Waals surface area contributed by atoms with E-state index in [9.17, 15) is 4.79 Å². The van der Waals surface area contributed by atoms with E-state index in [0.29, 0.717) is 19.5 Å². The van der Waals surface area contributed by atoms with Crippen molar-refractivity contribution >= 4 is 5.91 Å². The summed E-state index contributed by atoms with van der Waals surface area (Å²) in [6.45, 7) is 3.40. The maximum absolute atomic E-state index is 11.3. The van der Waals surface area contributed by atoms with Gasteiger partial charge in [0.1, 0.15) is 0 Å². The van der Waals surface area contributed by atoms with Crippen LogP contribution in [0.15, 0.2) is 0 Å². The lowest BCUT2D eigenvalue weighted by Gasteiger charge is -2.04. The van der Waals surface area contributed by atoms with Crippen LogP contribution in [-0.2, 0) is 4.79 Å². The molecule has 1 amide bonds. The van der Waals surface area contributed by atoms with Gasteiger partial charge in [-0.15, -0.1) is 0 Å². The summed E-state index contributed by atoms with van der Waals surface area (Å²) in [6.07, 6.45) is 15.2. The van der Waals surface area contributed by atoms with Gasteiger partial charge in [-0.3, -0.25) is 4.79 Å². The monoisotopic (exact) mass is 270 g/mol. The molecule has 0 radical (unpaired) electrons. The largest absolute Gasteiger partial charge is 0.355 e. The number of hydrogen-bond acceptors (Lipinski definition) is 2. The lowest BCUT2D eigenvalue weighted by atomic mass is 10.1. The average molecular weight is 270 g/mol. The van der Waals surface area contributed by atoms with Crippen molar-refractivity contribution in [1.29, 1.82) is 0 Å². The first kappa shape index (κ1) is 18.4. The van der Waals surface area contributed by atoms with Crippen molar-refractivity contribution in [3.63, 3.8) is 0 Å². The number of rotatable bonds is 14. The smallest absolute Gasteiger partial charge is 0.220 e. The maximum atomic E-state index is 11.3. The Morgan fingerprint density at radius 1 is 0.842 bits per heavy atom. The molecule has 3 heteroatoms. The Kier molecular flexibility index (Phi) is 15.0. The highest BCUT2D eigenvalue weighted by atomic mass is 16.1. The molecular formula is C16H34N2O. The van der Waals surface area contributed by atoms with Crippen LogP contribution in [0.4, 0.5) is 0 Å². The topological polar surface area (TPSA) is 55.1 Å². The second kappa shape index (κ2) is 15.5. The molecule has 0 heterocycles. The minimum absolute atomic E-state index is 0.154. The predicted molar refractivity (Wildman–Crippen MR) is 83.1 cm³/mol. The summed E-state index contributed by atoms with van der Waals surface area (Å²) in [5.41, 5.74) is 5.32. The predicted octanol–water partition coefficient (Wildman–Crippen LogP) is 3.76. The fourth-order valence-corrected chi connectivity index (χ4v) is 2.25. The molecule has 0 aliphatic rings. The van der Waals surface area contributed by atoms with Crippen molar-refractivity contribution < 1.29 is 4.79 Å². The second-order valence-corrected chi connectivity index (χ2v) is 5.42. The van der Waals surface area contributed by atoms with E-state index >= 15 is 0 Å². The van der Waals surface area contributed by atoms with Crippen molar-refractivity contribution in [3.05, 3.63) is 0 Å². The van der Waals surface area contributed by atoms with Crippen LogP contribution in [0.2, 0.25) is 0 Å². The van der Waals surface area contributed by atoms with Gasteiger partial charge in [0.25, 0.3) is 0 Å². The van der Waals surface area contributed by atoms with Crippen LogP contribution in [0.3, 0.4) is 0 Å². The van der Waals surface area contributed by atoms with E-state index in [1.165, 1.54) is 64.2 Å². The van der Waals surface area contributed by atoms with Gasteiger partial charge in [0.2, 0.25) is 5.91 Å². The first-order valence-corrected chi connectivity index (χ1v) is 8.28. The van der Waals surface area contributed by atoms with Crippen LogP contribution in [0, 0.1) is 0 Å². The molecule has 0 aliphatic carbocycles. The van der Waals surface area contributed by atoms with Crippen LogP contribution in [-0.4, -0.2) is 19.0 Å². The lowest BCUT2D eigenvalue weighted by Crippen LogP contribution is -2.28. The summed E-state index contributed by atoms with van der Waals surface area (Å²) in [4.78, 5) is 11.3. The molecule has 0 rings (SSSR count). The Bertz CT molecular complexity index is 195. The molecule has 114 valence electrons. The third-order valence-electron chi connectivity index (χ3n) is 3.47. The van der Waals surface area contributed by atoms with Crippen LogP contribution in [0.1, 0.15) is 84.0 Å². The van der Waals surface area contributed by atoms with Crippen LogP contribution >= 0.6 is 0 Å². The lowest BCUT2D eigenvalue weighted by molar-refractivity contribution is -0.121. The van der Waals surface area contributed by atoms with Gasteiger partial charge >= 0.3 is 0 Å². The second-order valence-electron chi connectivity index (χ2n) is 5.42. The van der Waals surface area contributed by atoms with Gasteiger partial charge in [-0.25, -0.2) is 0 Å². The molecule has 0 bridgehead atoms. The minimum Gasteiger partial charge on any atom is -0.355 e. The zero-order valence-electron chi connectivity index (χ0n) is 12.9. The fraction of sp³-hybridized carbons (Fsp3) is 0.938. The van der Waals surface area contributed by atoms with Crippen LogP contribution in [0.5, 0.6) is 0 Å². The molecule has 0 aromatic heterocycles. The number of carbonyl (C=O) groups excluding carboxylic acids is 1. The highest BCUT2D eigenvalue weighted by Gasteiger charge is 1.99. The molecule has 0 aromatic rings. The van der Waals surface area contributed by atoms with Gasteiger partial charge in [0.15, 0.2) is 0 Å². The van der Waals surface area contributed by atoms with Crippen molar-refractivity contribution in [1.82, 2.24) is 5.32 Å². The third kappa shape index (κ3) is 15.4. The van der Waals surface area contributed by atoms with Gasteiger partial charge in [-0.2, -0.15) is 0 Å². The quantitative estimate of drug-likeness (QED) is 0.472. The van der Waals surface area contributed by atoms with Crippen LogP contribution in [0.25, 0.3) is 0 Å². The minimum atomic E-state index is 0.154. The van der Waals surface area contributed by atoms with Gasteiger partial charge < -0.3 is 11.1 Å². The Hall–Kier alpha value is -0.570. The van der Waals surface area contributed by atoms with Crippen molar-refractivity contribution in [2.45, 2.75) is 84.0 Å². The molecule has 0 saturated carbocycles. The maximum Gasteiger partial charge on any atom is 0.220 e. The summed E-state index contributed by atoms with van der Waals surface area (Å²) in [7, 11) is 0. The molecule has 3 nitrogen and oxygen atoms in total. The first-order chi connectivity index (χ1) is 9.31. The van der Waals surface area contributed by atoms with Gasteiger partial charge in [0, 0.05) is 19.5 Å². The Labute approximate surface area is 119 Å². The summed E-state index contributed by atoms with van der Waals surface area (Å²) in [5.74, 6) is 0.154. The number of hydrogen-bond donors (Lipinski definition) is 2. The van der Waals surface area contributed by atoms with E-state index in [4.69, 9.17) is 5.73 Å². The van der Waals surface area contributed by atoms with Crippen molar-refractivity contribution in [2.24, 2.45) is 5.73 Å². The van der Waals surface area contributed by atoms with Crippen LogP contribution < -0.4 is 11.1 Å². The Balaban J connectivity index is 3.04. The van der Waals surface area contributed by atoms with E-state index in [-0.39, 0.29) is 5.91 Å². The highest BCUT2D eigenvalue weighted by Crippen LogP contribution is 2.11. The zero-order chi connectivity index (χ0) is 14.2. The molecule has 0 aliphatic heterocycles. The van der Waals surface area contributed by atoms with E-state index in [1.807, 2.05) is 0 Å². The van der Waals surface area contributed by atoms with Crippen molar-refractivity contribution in [2.75, 3.05) is 13.1 Å². The summed E-state index contributed by atoms with van der Waals surface area (Å²) >= 11 is 0. The fourth-order valence-electron chi connectivity index (χ4n) is 2.25. The third-order valence-corrected chi connectivity index (χ3v) is 3.47. The molecule has 0 unspecified atom stereocenters. The summed E-state index contributed by atoms with van der Waals surface area (Å²) in [6, 6.07) is 0. The summed E-state index contributed by atoms with van der Waals surface area (Å²) in [5, 5.41) is 2.80.